The molecule has 0 unspecified atom stereocenters. The monoisotopic (exact) mass is 421 g/mol. The third-order valence-electron chi connectivity index (χ3n) is 5.81. The molecular weight excluding hydrogens is 394 g/mol. The summed E-state index contributed by atoms with van der Waals surface area (Å²) in [5.41, 5.74) is 6.68. The van der Waals surface area contributed by atoms with Crippen molar-refractivity contribution in [3.63, 3.8) is 0 Å². The predicted octanol–water partition coefficient (Wildman–Crippen LogP) is 7.15. The van der Waals surface area contributed by atoms with E-state index in [2.05, 4.69) is 18.4 Å². The standard InChI is InChI=1S/C29H27NO2/c1-4-26(21-20-22(2)3)30-27(23-14-8-5-9-15-23)29(32-28(30)31,24-16-10-6-11-17-24)25-18-12-7-13-19-25/h5-20,27H,1,21H2,2-3H3/t27-/m1/s1. The first-order valence-corrected chi connectivity index (χ1v) is 10.8. The highest BCUT2D eigenvalue weighted by Crippen LogP contribution is 2.53. The van der Waals surface area contributed by atoms with Crippen LogP contribution in [0, 0.1) is 0 Å². The molecule has 1 atom stereocenters. The first-order valence-electron chi connectivity index (χ1n) is 10.8. The van der Waals surface area contributed by atoms with Gasteiger partial charge in [-0.25, -0.2) is 4.79 Å². The lowest BCUT2D eigenvalue weighted by Crippen LogP contribution is -2.37. The Morgan fingerprint density at radius 3 is 1.91 bits per heavy atom. The number of ether oxygens (including phenoxy) is 1. The zero-order valence-corrected chi connectivity index (χ0v) is 18.5. The number of hydrogen-bond donors (Lipinski definition) is 0. The molecule has 1 aliphatic heterocycles. The second-order valence-electron chi connectivity index (χ2n) is 8.13. The SMILES string of the molecule is C=C=C(CC=C(C)C)N1C(=O)OC(c2ccccc2)(c2ccccc2)[C@H]1c1ccccc1. The molecule has 1 amide bonds. The maximum absolute atomic E-state index is 13.6. The average Bonchev–Trinajstić information content (AvgIpc) is 3.15. The summed E-state index contributed by atoms with van der Waals surface area (Å²) >= 11 is 0. The molecule has 0 saturated carbocycles. The lowest BCUT2D eigenvalue weighted by Gasteiger charge is -2.36. The molecule has 3 heteroatoms. The van der Waals surface area contributed by atoms with Crippen molar-refractivity contribution in [3.05, 3.63) is 137 Å². The van der Waals surface area contributed by atoms with Crippen LogP contribution >= 0.6 is 0 Å². The smallest absolute Gasteiger partial charge is 0.416 e. The van der Waals surface area contributed by atoms with Crippen molar-refractivity contribution in [2.75, 3.05) is 0 Å². The molecular formula is C29H27NO2. The van der Waals surface area contributed by atoms with E-state index in [0.29, 0.717) is 12.1 Å². The zero-order valence-electron chi connectivity index (χ0n) is 18.5. The fourth-order valence-corrected chi connectivity index (χ4v) is 4.34. The quantitative estimate of drug-likeness (QED) is 0.312. The fourth-order valence-electron chi connectivity index (χ4n) is 4.34. The van der Waals surface area contributed by atoms with Gasteiger partial charge in [-0.3, -0.25) is 4.90 Å². The van der Waals surface area contributed by atoms with E-state index >= 15 is 0 Å². The van der Waals surface area contributed by atoms with Crippen LogP contribution in [0.15, 0.2) is 121 Å². The Kier molecular flexibility index (Phi) is 6.11. The van der Waals surface area contributed by atoms with Gasteiger partial charge in [-0.1, -0.05) is 109 Å². The van der Waals surface area contributed by atoms with E-state index < -0.39 is 17.7 Å². The molecule has 0 spiro atoms. The minimum atomic E-state index is -1.02. The van der Waals surface area contributed by atoms with E-state index in [9.17, 15) is 4.79 Å². The largest absolute Gasteiger partial charge is 0.430 e. The Bertz CT molecular complexity index is 1120. The van der Waals surface area contributed by atoms with Crippen molar-refractivity contribution < 1.29 is 9.53 Å². The van der Waals surface area contributed by atoms with Gasteiger partial charge in [0.25, 0.3) is 0 Å². The number of nitrogens with zero attached hydrogens (tertiary/aromatic N) is 1. The minimum Gasteiger partial charge on any atom is -0.430 e. The fraction of sp³-hybridized carbons (Fsp3) is 0.172. The number of cyclic esters (lactones) is 1. The van der Waals surface area contributed by atoms with E-state index in [1.807, 2.05) is 105 Å². The predicted molar refractivity (Wildman–Crippen MR) is 128 cm³/mol. The first kappa shape index (κ1) is 21.4. The molecule has 0 bridgehead atoms. The lowest BCUT2D eigenvalue weighted by atomic mass is 9.77. The van der Waals surface area contributed by atoms with Gasteiger partial charge in [0.1, 0.15) is 6.04 Å². The van der Waals surface area contributed by atoms with Crippen LogP contribution in [0.5, 0.6) is 0 Å². The maximum atomic E-state index is 13.6. The Hall–Kier alpha value is -3.81. The van der Waals surface area contributed by atoms with Gasteiger partial charge in [0.05, 0.1) is 5.70 Å². The molecule has 32 heavy (non-hydrogen) atoms. The molecule has 1 fully saturated rings. The van der Waals surface area contributed by atoms with Crippen LogP contribution in [-0.4, -0.2) is 11.0 Å². The number of rotatable bonds is 6. The number of allylic oxidation sites excluding steroid dienone is 2. The summed E-state index contributed by atoms with van der Waals surface area (Å²) in [4.78, 5) is 15.3. The van der Waals surface area contributed by atoms with Crippen LogP contribution < -0.4 is 0 Å². The van der Waals surface area contributed by atoms with Crippen LogP contribution in [0.3, 0.4) is 0 Å². The summed E-state index contributed by atoms with van der Waals surface area (Å²) in [6, 6.07) is 29.6. The minimum absolute atomic E-state index is 0.403. The number of hydrogen-bond acceptors (Lipinski definition) is 2. The second kappa shape index (κ2) is 9.13. The molecule has 3 aromatic carbocycles. The van der Waals surface area contributed by atoms with Crippen molar-refractivity contribution in [3.8, 4) is 0 Å². The third-order valence-corrected chi connectivity index (χ3v) is 5.81. The topological polar surface area (TPSA) is 29.5 Å². The highest BCUT2D eigenvalue weighted by molar-refractivity contribution is 5.76. The van der Waals surface area contributed by atoms with E-state index in [4.69, 9.17) is 4.74 Å². The van der Waals surface area contributed by atoms with Crippen molar-refractivity contribution in [1.29, 1.82) is 0 Å². The maximum Gasteiger partial charge on any atom is 0.416 e. The Morgan fingerprint density at radius 2 is 1.44 bits per heavy atom. The normalized spacial score (nSPS) is 16.8. The Morgan fingerprint density at radius 1 is 0.938 bits per heavy atom. The van der Waals surface area contributed by atoms with Crippen LogP contribution in [0.4, 0.5) is 4.79 Å². The highest BCUT2D eigenvalue weighted by Gasteiger charge is 2.57. The van der Waals surface area contributed by atoms with Gasteiger partial charge < -0.3 is 4.74 Å². The lowest BCUT2D eigenvalue weighted by molar-refractivity contribution is 0.0675. The molecule has 1 saturated heterocycles. The summed E-state index contributed by atoms with van der Waals surface area (Å²) in [5.74, 6) is 0. The molecule has 0 N–H and O–H groups in total. The zero-order chi connectivity index (χ0) is 22.6. The van der Waals surface area contributed by atoms with Crippen LogP contribution in [0.1, 0.15) is 43.0 Å². The van der Waals surface area contributed by atoms with E-state index in [-0.39, 0.29) is 0 Å². The molecule has 3 aromatic rings. The summed E-state index contributed by atoms with van der Waals surface area (Å²) in [6.45, 7) is 7.97. The molecule has 1 aliphatic rings. The summed E-state index contributed by atoms with van der Waals surface area (Å²) in [5, 5.41) is 0. The summed E-state index contributed by atoms with van der Waals surface area (Å²) in [6.07, 6.45) is 2.22. The number of carbonyl (C=O) groups excluding carboxylic acids is 1. The van der Waals surface area contributed by atoms with E-state index in [1.165, 1.54) is 5.57 Å². The molecule has 0 aliphatic carbocycles. The van der Waals surface area contributed by atoms with Gasteiger partial charge in [-0.2, -0.15) is 0 Å². The van der Waals surface area contributed by atoms with Gasteiger partial charge >= 0.3 is 6.09 Å². The van der Waals surface area contributed by atoms with Gasteiger partial charge in [0, 0.05) is 17.5 Å². The highest BCUT2D eigenvalue weighted by atomic mass is 16.6. The molecule has 0 radical (unpaired) electrons. The van der Waals surface area contributed by atoms with Crippen molar-refractivity contribution in [2.45, 2.75) is 31.9 Å². The van der Waals surface area contributed by atoms with Gasteiger partial charge in [-0.15, -0.1) is 5.73 Å². The Labute approximate surface area is 190 Å². The van der Waals surface area contributed by atoms with Crippen LogP contribution in [0.25, 0.3) is 0 Å². The third kappa shape index (κ3) is 3.79. The summed E-state index contributed by atoms with van der Waals surface area (Å²) in [7, 11) is 0. The van der Waals surface area contributed by atoms with Gasteiger partial charge in [-0.05, 0) is 19.4 Å². The van der Waals surface area contributed by atoms with Crippen molar-refractivity contribution >= 4 is 6.09 Å². The van der Waals surface area contributed by atoms with Crippen LogP contribution in [0.2, 0.25) is 0 Å². The number of amides is 1. The number of benzene rings is 3. The molecule has 160 valence electrons. The average molecular weight is 422 g/mol. The second-order valence-corrected chi connectivity index (χ2v) is 8.13. The van der Waals surface area contributed by atoms with Crippen molar-refractivity contribution in [1.82, 2.24) is 4.90 Å². The van der Waals surface area contributed by atoms with E-state index in [0.717, 1.165) is 16.7 Å². The van der Waals surface area contributed by atoms with Crippen LogP contribution in [-0.2, 0) is 10.3 Å². The molecule has 3 nitrogen and oxygen atoms in total. The van der Waals surface area contributed by atoms with Crippen molar-refractivity contribution in [2.24, 2.45) is 0 Å². The molecule has 0 aromatic heterocycles. The first-order chi connectivity index (χ1) is 15.6. The van der Waals surface area contributed by atoms with E-state index in [1.54, 1.807) is 4.90 Å². The summed E-state index contributed by atoms with van der Waals surface area (Å²) < 4.78 is 6.37. The molecule has 1 heterocycles. The molecule has 4 rings (SSSR count). The Balaban J connectivity index is 2.00. The number of carbonyl (C=O) groups is 1. The van der Waals surface area contributed by atoms with Gasteiger partial charge in [0.15, 0.2) is 5.60 Å². The van der Waals surface area contributed by atoms with Gasteiger partial charge in [0.2, 0.25) is 0 Å².